The van der Waals surface area contributed by atoms with E-state index >= 15 is 0 Å². The van der Waals surface area contributed by atoms with Gasteiger partial charge in [-0.15, -0.1) is 0 Å². The first-order valence-electron chi connectivity index (χ1n) is 6.55. The molecular weight excluding hydrogens is 322 g/mol. The number of hydrogen-bond acceptors (Lipinski definition) is 5. The molecule has 121 valence electrons. The van der Waals surface area contributed by atoms with Crippen molar-refractivity contribution in [3.63, 3.8) is 0 Å². The van der Waals surface area contributed by atoms with E-state index in [1.165, 1.54) is 25.5 Å². The zero-order valence-electron chi connectivity index (χ0n) is 12.1. The van der Waals surface area contributed by atoms with Crippen molar-refractivity contribution in [3.8, 4) is 5.75 Å². The number of ether oxygens (including phenoxy) is 1. The lowest BCUT2D eigenvalue weighted by Gasteiger charge is -2.11. The molecule has 7 nitrogen and oxygen atoms in total. The Hall–Kier alpha value is -2.45. The number of aliphatic carboxylic acids is 1. The van der Waals surface area contributed by atoms with Crippen molar-refractivity contribution in [2.45, 2.75) is 17.4 Å². The number of nitrogens with one attached hydrogen (secondary N) is 1. The van der Waals surface area contributed by atoms with E-state index in [9.17, 15) is 18.0 Å². The summed E-state index contributed by atoms with van der Waals surface area (Å²) >= 11 is 0. The fourth-order valence-corrected chi connectivity index (χ4v) is 3.20. The number of methoxy groups -OCH3 is 1. The quantitative estimate of drug-likeness (QED) is 0.783. The predicted molar refractivity (Wildman–Crippen MR) is 82.6 cm³/mol. The van der Waals surface area contributed by atoms with Crippen LogP contribution in [0.1, 0.15) is 6.42 Å². The molecule has 2 aromatic rings. The second-order valence-corrected chi connectivity index (χ2v) is 6.48. The summed E-state index contributed by atoms with van der Waals surface area (Å²) in [6.07, 6.45) is 0.701. The van der Waals surface area contributed by atoms with Crippen LogP contribution in [0.3, 0.4) is 0 Å². The largest absolute Gasteiger partial charge is 0.497 e. The van der Waals surface area contributed by atoms with Crippen LogP contribution in [0, 0.1) is 0 Å². The fourth-order valence-electron chi connectivity index (χ4n) is 2.03. The number of carboxylic acids is 1. The van der Waals surface area contributed by atoms with Gasteiger partial charge in [0.15, 0.2) is 0 Å². The standard InChI is InChI=1S/C15H14NO6S/c1-22-13-4-2-11-7-14(5-3-10(11)6-13)23(20,21)16-12(9-17)8-15(18)19/h2-7,12,16H,8H2,1H3,(H,18,19)/t12-/m0/s1. The molecule has 0 aliphatic rings. The maximum absolute atomic E-state index is 12.2. The van der Waals surface area contributed by atoms with Crippen LogP contribution in [0.4, 0.5) is 0 Å². The highest BCUT2D eigenvalue weighted by Crippen LogP contribution is 2.23. The molecule has 2 N–H and O–H groups in total. The molecule has 1 radical (unpaired) electrons. The Balaban J connectivity index is 2.34. The van der Waals surface area contributed by atoms with Gasteiger partial charge >= 0.3 is 5.97 Å². The number of carbonyl (C=O) groups excluding carboxylic acids is 1. The van der Waals surface area contributed by atoms with E-state index in [1.807, 2.05) is 4.72 Å². The molecule has 2 rings (SSSR count). The summed E-state index contributed by atoms with van der Waals surface area (Å²) in [5.74, 6) is -0.657. The number of hydrogen-bond donors (Lipinski definition) is 2. The predicted octanol–water partition coefficient (Wildman–Crippen LogP) is 1.08. The van der Waals surface area contributed by atoms with E-state index < -0.39 is 28.5 Å². The summed E-state index contributed by atoms with van der Waals surface area (Å²) in [5, 5.41) is 10.1. The Morgan fingerprint density at radius 3 is 2.52 bits per heavy atom. The summed E-state index contributed by atoms with van der Waals surface area (Å²) < 4.78 is 31.6. The average Bonchev–Trinajstić information content (AvgIpc) is 2.52. The lowest BCUT2D eigenvalue weighted by molar-refractivity contribution is -0.137. The summed E-state index contributed by atoms with van der Waals surface area (Å²) in [6, 6.07) is 8.11. The van der Waals surface area contributed by atoms with Gasteiger partial charge in [0.25, 0.3) is 0 Å². The highest BCUT2D eigenvalue weighted by molar-refractivity contribution is 7.89. The van der Waals surface area contributed by atoms with Crippen molar-refractivity contribution in [1.82, 2.24) is 4.72 Å². The number of rotatable bonds is 7. The van der Waals surface area contributed by atoms with Gasteiger partial charge in [-0.25, -0.2) is 8.42 Å². The molecule has 0 aliphatic carbocycles. The third-order valence-corrected chi connectivity index (χ3v) is 4.62. The fraction of sp³-hybridized carbons (Fsp3) is 0.200. The van der Waals surface area contributed by atoms with Gasteiger partial charge in [0, 0.05) is 0 Å². The second kappa shape index (κ2) is 6.76. The molecular formula is C15H14NO6S. The Labute approximate surface area is 132 Å². The van der Waals surface area contributed by atoms with E-state index in [0.717, 1.165) is 5.39 Å². The van der Waals surface area contributed by atoms with Crippen molar-refractivity contribution < 1.29 is 27.9 Å². The molecule has 0 fully saturated rings. The maximum atomic E-state index is 12.2. The minimum Gasteiger partial charge on any atom is -0.497 e. The highest BCUT2D eigenvalue weighted by Gasteiger charge is 2.22. The summed E-state index contributed by atoms with van der Waals surface area (Å²) in [6.45, 7) is 0. The van der Waals surface area contributed by atoms with Crippen LogP contribution >= 0.6 is 0 Å². The first-order valence-corrected chi connectivity index (χ1v) is 8.03. The van der Waals surface area contributed by atoms with Crippen LogP contribution in [-0.2, 0) is 19.6 Å². The van der Waals surface area contributed by atoms with Gasteiger partial charge in [0.2, 0.25) is 16.3 Å². The van der Waals surface area contributed by atoms with Gasteiger partial charge in [0.1, 0.15) is 5.75 Å². The zero-order valence-corrected chi connectivity index (χ0v) is 13.0. The SMILES string of the molecule is COc1ccc2cc(S(=O)(=O)N[C@H]([C]=O)CC(=O)O)ccc2c1. The highest BCUT2D eigenvalue weighted by atomic mass is 32.2. The van der Waals surface area contributed by atoms with Crippen molar-refractivity contribution in [1.29, 1.82) is 0 Å². The molecule has 0 aromatic heterocycles. The average molecular weight is 336 g/mol. The first-order chi connectivity index (χ1) is 10.9. The van der Waals surface area contributed by atoms with Crippen LogP contribution in [-0.4, -0.2) is 38.9 Å². The normalized spacial score (nSPS) is 12.7. The number of benzene rings is 2. The molecule has 0 amide bonds. The van der Waals surface area contributed by atoms with Crippen LogP contribution in [0.5, 0.6) is 5.75 Å². The smallest absolute Gasteiger partial charge is 0.305 e. The Morgan fingerprint density at radius 2 is 1.91 bits per heavy atom. The van der Waals surface area contributed by atoms with Gasteiger partial charge in [0.05, 0.1) is 24.5 Å². The molecule has 0 saturated carbocycles. The minimum absolute atomic E-state index is 0.0687. The van der Waals surface area contributed by atoms with Crippen LogP contribution < -0.4 is 9.46 Å². The number of carboxylic acid groups (broad SMARTS) is 1. The van der Waals surface area contributed by atoms with E-state index in [-0.39, 0.29) is 4.90 Å². The number of fused-ring (bicyclic) bond motifs is 1. The molecule has 0 bridgehead atoms. The molecule has 0 aliphatic heterocycles. The molecule has 0 spiro atoms. The zero-order chi connectivity index (χ0) is 17.0. The van der Waals surface area contributed by atoms with Gasteiger partial charge < -0.3 is 9.84 Å². The molecule has 0 saturated heterocycles. The lowest BCUT2D eigenvalue weighted by atomic mass is 10.1. The van der Waals surface area contributed by atoms with Crippen LogP contribution in [0.25, 0.3) is 10.8 Å². The first kappa shape index (κ1) is 16.9. The molecule has 2 aromatic carbocycles. The van der Waals surface area contributed by atoms with E-state index in [2.05, 4.69) is 0 Å². The van der Waals surface area contributed by atoms with Crippen molar-refractivity contribution in [2.75, 3.05) is 7.11 Å². The van der Waals surface area contributed by atoms with Crippen LogP contribution in [0.15, 0.2) is 41.3 Å². The molecule has 0 unspecified atom stereocenters. The lowest BCUT2D eigenvalue weighted by Crippen LogP contribution is -2.37. The van der Waals surface area contributed by atoms with E-state index in [0.29, 0.717) is 11.1 Å². The molecule has 8 heteroatoms. The van der Waals surface area contributed by atoms with Gasteiger partial charge in [-0.05, 0) is 35.0 Å². The Morgan fingerprint density at radius 1 is 1.26 bits per heavy atom. The van der Waals surface area contributed by atoms with Crippen molar-refractivity contribution in [2.24, 2.45) is 0 Å². The van der Waals surface area contributed by atoms with Gasteiger partial charge in [-0.2, -0.15) is 4.72 Å². The molecule has 1 atom stereocenters. The number of carbonyl (C=O) groups is 1. The van der Waals surface area contributed by atoms with Crippen molar-refractivity contribution in [3.05, 3.63) is 36.4 Å². The molecule has 23 heavy (non-hydrogen) atoms. The maximum Gasteiger partial charge on any atom is 0.305 e. The third kappa shape index (κ3) is 4.05. The Bertz CT molecular complexity index is 846. The summed E-state index contributed by atoms with van der Waals surface area (Å²) in [5.41, 5.74) is 0. The van der Waals surface area contributed by atoms with E-state index in [1.54, 1.807) is 24.3 Å². The summed E-state index contributed by atoms with van der Waals surface area (Å²) in [4.78, 5) is 21.2. The second-order valence-electron chi connectivity index (χ2n) is 4.76. The topological polar surface area (TPSA) is 110 Å². The Kier molecular flexibility index (Phi) is 4.97. The third-order valence-electron chi connectivity index (χ3n) is 3.15. The molecule has 0 heterocycles. The summed E-state index contributed by atoms with van der Waals surface area (Å²) in [7, 11) is -2.50. The van der Waals surface area contributed by atoms with Crippen LogP contribution in [0.2, 0.25) is 0 Å². The minimum atomic E-state index is -4.03. The van der Waals surface area contributed by atoms with Gasteiger partial charge in [-0.1, -0.05) is 12.1 Å². The monoisotopic (exact) mass is 336 g/mol. The van der Waals surface area contributed by atoms with E-state index in [4.69, 9.17) is 9.84 Å². The van der Waals surface area contributed by atoms with Gasteiger partial charge in [-0.3, -0.25) is 9.59 Å². The van der Waals surface area contributed by atoms with Crippen molar-refractivity contribution >= 4 is 33.1 Å². The number of sulfonamides is 1.